The summed E-state index contributed by atoms with van der Waals surface area (Å²) >= 11 is 0. The van der Waals surface area contributed by atoms with E-state index in [9.17, 15) is 4.79 Å². The summed E-state index contributed by atoms with van der Waals surface area (Å²) in [6, 6.07) is 12.5. The van der Waals surface area contributed by atoms with Crippen LogP contribution >= 0.6 is 0 Å². The second kappa shape index (κ2) is 5.74. The van der Waals surface area contributed by atoms with E-state index in [2.05, 4.69) is 10.3 Å². The summed E-state index contributed by atoms with van der Waals surface area (Å²) in [6.07, 6.45) is 1.63. The Kier molecular flexibility index (Phi) is 4.03. The molecular formula is C16H18N2O2. The second-order valence-corrected chi connectivity index (χ2v) is 5.38. The zero-order valence-corrected chi connectivity index (χ0v) is 11.9. The Morgan fingerprint density at radius 2 is 1.80 bits per heavy atom. The summed E-state index contributed by atoms with van der Waals surface area (Å²) in [7, 11) is 0. The number of nitrogens with one attached hydrogen (secondary N) is 1. The molecule has 2 aromatic rings. The van der Waals surface area contributed by atoms with E-state index >= 15 is 0 Å². The summed E-state index contributed by atoms with van der Waals surface area (Å²) in [4.78, 5) is 16.4. The molecular weight excluding hydrogens is 252 g/mol. The number of ether oxygens (including phenoxy) is 1. The molecule has 0 aliphatic carbocycles. The lowest BCUT2D eigenvalue weighted by atomic mass is 10.1. The normalized spacial score (nSPS) is 10.9. The topological polar surface area (TPSA) is 51.2 Å². The monoisotopic (exact) mass is 270 g/mol. The molecule has 1 aromatic heterocycles. The molecule has 0 saturated heterocycles. The molecule has 0 fully saturated rings. The first-order chi connectivity index (χ1) is 9.46. The van der Waals surface area contributed by atoms with Crippen LogP contribution in [0.4, 0.5) is 5.82 Å². The van der Waals surface area contributed by atoms with Crippen LogP contribution in [0.2, 0.25) is 0 Å². The van der Waals surface area contributed by atoms with Crippen molar-refractivity contribution in [2.45, 2.75) is 26.4 Å². The van der Waals surface area contributed by atoms with Crippen LogP contribution in [0.5, 0.6) is 5.75 Å². The van der Waals surface area contributed by atoms with Gasteiger partial charge in [0.05, 0.1) is 5.56 Å². The first-order valence-corrected chi connectivity index (χ1v) is 6.46. The lowest BCUT2D eigenvalue weighted by molar-refractivity contribution is 0.0999. The Morgan fingerprint density at radius 1 is 1.10 bits per heavy atom. The van der Waals surface area contributed by atoms with Gasteiger partial charge in [0.15, 0.2) is 0 Å². The number of benzene rings is 1. The average Bonchev–Trinajstić information content (AvgIpc) is 2.38. The summed E-state index contributed by atoms with van der Waals surface area (Å²) in [5.74, 6) is 0.847. The number of nitrogens with zero attached hydrogens (tertiary/aromatic N) is 1. The van der Waals surface area contributed by atoms with Crippen molar-refractivity contribution in [3.05, 3.63) is 54.2 Å². The minimum atomic E-state index is -0.360. The van der Waals surface area contributed by atoms with E-state index in [-0.39, 0.29) is 11.5 Å². The molecule has 1 amide bonds. The van der Waals surface area contributed by atoms with Gasteiger partial charge >= 0.3 is 0 Å². The molecule has 1 heterocycles. The van der Waals surface area contributed by atoms with Gasteiger partial charge in [-0.05, 0) is 45.0 Å². The summed E-state index contributed by atoms with van der Waals surface area (Å²) < 4.78 is 5.81. The molecule has 0 aliphatic heterocycles. The molecule has 20 heavy (non-hydrogen) atoms. The van der Waals surface area contributed by atoms with Crippen molar-refractivity contribution in [2.75, 3.05) is 5.32 Å². The zero-order chi connectivity index (χ0) is 14.6. The highest BCUT2D eigenvalue weighted by molar-refractivity contribution is 6.05. The fourth-order valence-corrected chi connectivity index (χ4v) is 1.69. The molecule has 0 aliphatic rings. The third-order valence-electron chi connectivity index (χ3n) is 2.45. The van der Waals surface area contributed by atoms with Gasteiger partial charge in [0, 0.05) is 6.20 Å². The zero-order valence-electron chi connectivity index (χ0n) is 11.9. The lowest BCUT2D eigenvalue weighted by Gasteiger charge is -2.22. The van der Waals surface area contributed by atoms with E-state index in [1.54, 1.807) is 30.5 Å². The van der Waals surface area contributed by atoms with Crippen molar-refractivity contribution in [1.29, 1.82) is 0 Å². The molecule has 104 valence electrons. The van der Waals surface area contributed by atoms with Crippen molar-refractivity contribution >= 4 is 11.7 Å². The minimum Gasteiger partial charge on any atom is -0.487 e. The van der Waals surface area contributed by atoms with Crippen molar-refractivity contribution in [3.8, 4) is 5.75 Å². The number of pyridine rings is 1. The average molecular weight is 270 g/mol. The van der Waals surface area contributed by atoms with Gasteiger partial charge < -0.3 is 10.1 Å². The summed E-state index contributed by atoms with van der Waals surface area (Å²) in [5, 5.41) is 2.75. The van der Waals surface area contributed by atoms with Crippen molar-refractivity contribution in [3.63, 3.8) is 0 Å². The van der Waals surface area contributed by atoms with Crippen LogP contribution in [0, 0.1) is 0 Å². The van der Waals surface area contributed by atoms with Crippen molar-refractivity contribution < 1.29 is 9.53 Å². The van der Waals surface area contributed by atoms with E-state index in [1.165, 1.54) is 0 Å². The van der Waals surface area contributed by atoms with Crippen LogP contribution in [-0.4, -0.2) is 16.5 Å². The molecule has 0 spiro atoms. The number of amides is 1. The maximum atomic E-state index is 12.3. The molecule has 0 atom stereocenters. The number of hydrogen-bond donors (Lipinski definition) is 1. The van der Waals surface area contributed by atoms with Gasteiger partial charge in [-0.25, -0.2) is 4.98 Å². The Balaban J connectivity index is 2.22. The highest BCUT2D eigenvalue weighted by atomic mass is 16.5. The molecule has 1 aromatic carbocycles. The summed E-state index contributed by atoms with van der Waals surface area (Å²) in [5.41, 5.74) is 0.134. The van der Waals surface area contributed by atoms with E-state index in [4.69, 9.17) is 4.74 Å². The summed E-state index contributed by atoms with van der Waals surface area (Å²) in [6.45, 7) is 5.83. The predicted octanol–water partition coefficient (Wildman–Crippen LogP) is 3.51. The van der Waals surface area contributed by atoms with E-state index < -0.39 is 0 Å². The number of carbonyl (C=O) groups excluding carboxylic acids is 1. The van der Waals surface area contributed by atoms with Crippen LogP contribution in [0.1, 0.15) is 31.1 Å². The standard InChI is InChI=1S/C16H18N2O2/c1-16(2,3)20-13-9-5-4-8-12(13)15(19)18-14-10-6-7-11-17-14/h4-11H,1-3H3,(H,17,18,19). The van der Waals surface area contributed by atoms with Crippen molar-refractivity contribution in [1.82, 2.24) is 4.98 Å². The maximum absolute atomic E-state index is 12.3. The molecule has 4 nitrogen and oxygen atoms in total. The van der Waals surface area contributed by atoms with E-state index in [0.29, 0.717) is 17.1 Å². The third-order valence-corrected chi connectivity index (χ3v) is 2.45. The highest BCUT2D eigenvalue weighted by Crippen LogP contribution is 2.23. The Labute approximate surface area is 118 Å². The molecule has 4 heteroatoms. The minimum absolute atomic E-state index is 0.233. The number of rotatable bonds is 3. The van der Waals surface area contributed by atoms with Gasteiger partial charge in [0.25, 0.3) is 5.91 Å². The largest absolute Gasteiger partial charge is 0.487 e. The van der Waals surface area contributed by atoms with Crippen LogP contribution in [0.25, 0.3) is 0 Å². The van der Waals surface area contributed by atoms with Crippen molar-refractivity contribution in [2.24, 2.45) is 0 Å². The first-order valence-electron chi connectivity index (χ1n) is 6.46. The van der Waals surface area contributed by atoms with Gasteiger partial charge in [-0.2, -0.15) is 0 Å². The van der Waals surface area contributed by atoms with E-state index in [1.807, 2.05) is 39.0 Å². The van der Waals surface area contributed by atoms with Gasteiger partial charge in [0.1, 0.15) is 17.2 Å². The fourth-order valence-electron chi connectivity index (χ4n) is 1.69. The molecule has 0 radical (unpaired) electrons. The van der Waals surface area contributed by atoms with Crippen LogP contribution < -0.4 is 10.1 Å². The molecule has 0 bridgehead atoms. The highest BCUT2D eigenvalue weighted by Gasteiger charge is 2.18. The van der Waals surface area contributed by atoms with Crippen LogP contribution in [0.15, 0.2) is 48.7 Å². The quantitative estimate of drug-likeness (QED) is 0.928. The van der Waals surface area contributed by atoms with Gasteiger partial charge in [-0.15, -0.1) is 0 Å². The van der Waals surface area contributed by atoms with Gasteiger partial charge in [-0.1, -0.05) is 18.2 Å². The number of hydrogen-bond acceptors (Lipinski definition) is 3. The van der Waals surface area contributed by atoms with Gasteiger partial charge in [-0.3, -0.25) is 4.79 Å². The number of anilines is 1. The number of aromatic nitrogens is 1. The predicted molar refractivity (Wildman–Crippen MR) is 79.0 cm³/mol. The molecule has 0 saturated carbocycles. The number of carbonyl (C=O) groups is 1. The fraction of sp³-hybridized carbons (Fsp3) is 0.250. The number of para-hydroxylation sites is 1. The van der Waals surface area contributed by atoms with E-state index in [0.717, 1.165) is 0 Å². The third kappa shape index (κ3) is 3.82. The lowest BCUT2D eigenvalue weighted by Crippen LogP contribution is -2.25. The first kappa shape index (κ1) is 14.1. The molecule has 0 unspecified atom stereocenters. The van der Waals surface area contributed by atoms with Crippen LogP contribution in [0.3, 0.4) is 0 Å². The molecule has 2 rings (SSSR count). The smallest absolute Gasteiger partial charge is 0.260 e. The second-order valence-electron chi connectivity index (χ2n) is 5.38. The SMILES string of the molecule is CC(C)(C)Oc1ccccc1C(=O)Nc1ccccn1. The Hall–Kier alpha value is -2.36. The van der Waals surface area contributed by atoms with Gasteiger partial charge in [0.2, 0.25) is 0 Å². The molecule has 1 N–H and O–H groups in total. The van der Waals surface area contributed by atoms with Crippen LogP contribution in [-0.2, 0) is 0 Å². The maximum Gasteiger partial charge on any atom is 0.260 e. The Bertz CT molecular complexity index is 589. The Morgan fingerprint density at radius 3 is 2.45 bits per heavy atom.